The van der Waals surface area contributed by atoms with Gasteiger partial charge in [0.05, 0.1) is 0 Å². The van der Waals surface area contributed by atoms with E-state index in [2.05, 4.69) is 0 Å². The molecule has 0 radical (unpaired) electrons. The number of ether oxygens (including phenoxy) is 1. The smallest absolute Gasteiger partial charge is 0.349 e. The van der Waals surface area contributed by atoms with E-state index in [0.29, 0.717) is 4.88 Å². The Morgan fingerprint density at radius 3 is 2.58 bits per heavy atom. The van der Waals surface area contributed by atoms with Gasteiger partial charge in [0.25, 0.3) is 0 Å². The fourth-order valence-corrected chi connectivity index (χ4v) is 3.88. The van der Waals surface area contributed by atoms with Gasteiger partial charge in [-0.3, -0.25) is 4.79 Å². The predicted octanol–water partition coefficient (Wildman–Crippen LogP) is 4.33. The first-order chi connectivity index (χ1) is 11.5. The van der Waals surface area contributed by atoms with Gasteiger partial charge in [0.2, 0.25) is 5.78 Å². The van der Waals surface area contributed by atoms with Crippen LogP contribution in [-0.2, 0) is 17.6 Å². The molecule has 1 unspecified atom stereocenters. The molecule has 3 nitrogen and oxygen atoms in total. The van der Waals surface area contributed by atoms with E-state index < -0.39 is 29.5 Å². The number of ketones is 1. The summed E-state index contributed by atoms with van der Waals surface area (Å²) in [5.41, 5.74) is 1.15. The number of hydrogen-bond donors (Lipinski definition) is 0. The number of halogens is 2. The average Bonchev–Trinajstić information content (AvgIpc) is 3.01. The average molecular weight is 350 g/mol. The van der Waals surface area contributed by atoms with Crippen LogP contribution in [-0.4, -0.2) is 17.9 Å². The predicted molar refractivity (Wildman–Crippen MR) is 86.5 cm³/mol. The Morgan fingerprint density at radius 2 is 1.88 bits per heavy atom. The highest BCUT2D eigenvalue weighted by atomic mass is 32.1. The second-order valence-electron chi connectivity index (χ2n) is 5.81. The number of carbonyl (C=O) groups excluding carboxylic acids is 2. The highest BCUT2D eigenvalue weighted by molar-refractivity contribution is 7.14. The van der Waals surface area contributed by atoms with E-state index in [1.807, 2.05) is 6.07 Å². The minimum Gasteiger partial charge on any atom is -0.450 e. The molecular weight excluding hydrogens is 334 g/mol. The zero-order valence-electron chi connectivity index (χ0n) is 13.1. The molecule has 6 heteroatoms. The highest BCUT2D eigenvalue weighted by Crippen LogP contribution is 2.30. The number of esters is 1. The topological polar surface area (TPSA) is 43.4 Å². The number of aryl methyl sites for hydroxylation is 2. The second-order valence-corrected chi connectivity index (χ2v) is 6.94. The van der Waals surface area contributed by atoms with Crippen LogP contribution in [0.1, 0.15) is 50.2 Å². The highest BCUT2D eigenvalue weighted by Gasteiger charge is 2.24. The summed E-state index contributed by atoms with van der Waals surface area (Å²) in [5.74, 6) is -3.26. The molecule has 1 aromatic carbocycles. The lowest BCUT2D eigenvalue weighted by atomic mass is 9.99. The quantitative estimate of drug-likeness (QED) is 0.609. The van der Waals surface area contributed by atoms with Crippen molar-refractivity contribution in [3.05, 3.63) is 56.8 Å². The number of Topliss-reactive ketones (excluding diaryl/α,β-unsaturated/α-hetero) is 1. The van der Waals surface area contributed by atoms with Crippen molar-refractivity contribution in [2.75, 3.05) is 0 Å². The molecule has 1 aliphatic rings. The first-order valence-electron chi connectivity index (χ1n) is 7.77. The molecule has 3 rings (SSSR count). The Hall–Kier alpha value is -2.08. The first-order valence-corrected chi connectivity index (χ1v) is 8.59. The Kier molecular flexibility index (Phi) is 4.76. The van der Waals surface area contributed by atoms with E-state index in [1.54, 1.807) is 0 Å². The van der Waals surface area contributed by atoms with E-state index in [9.17, 15) is 18.4 Å². The lowest BCUT2D eigenvalue weighted by Crippen LogP contribution is -2.24. The second kappa shape index (κ2) is 6.81. The van der Waals surface area contributed by atoms with Gasteiger partial charge in [0.15, 0.2) is 17.7 Å². The zero-order valence-corrected chi connectivity index (χ0v) is 13.9. The molecule has 0 aliphatic heterocycles. The molecule has 1 aliphatic carbocycles. The molecule has 0 bridgehead atoms. The van der Waals surface area contributed by atoms with Crippen LogP contribution in [0.2, 0.25) is 0 Å². The molecule has 1 heterocycles. The SMILES string of the molecule is CC(OC(=O)c1cc2c(s1)CCCC2)C(=O)c1ccc(F)c(F)c1. The monoisotopic (exact) mass is 350 g/mol. The molecule has 2 aromatic rings. The number of carbonyl (C=O) groups is 2. The van der Waals surface area contributed by atoms with Gasteiger partial charge in [-0.1, -0.05) is 0 Å². The van der Waals surface area contributed by atoms with E-state index >= 15 is 0 Å². The van der Waals surface area contributed by atoms with Crippen LogP contribution >= 0.6 is 11.3 Å². The molecule has 0 amide bonds. The Morgan fingerprint density at radius 1 is 1.12 bits per heavy atom. The molecule has 0 fully saturated rings. The van der Waals surface area contributed by atoms with Crippen molar-refractivity contribution in [1.29, 1.82) is 0 Å². The minimum atomic E-state index is -1.11. The normalized spacial score (nSPS) is 14.8. The van der Waals surface area contributed by atoms with Gasteiger partial charge in [-0.2, -0.15) is 0 Å². The third-order valence-corrected chi connectivity index (χ3v) is 5.27. The van der Waals surface area contributed by atoms with Gasteiger partial charge < -0.3 is 4.74 Å². The molecular formula is C18H16F2O3S. The Labute approximate surface area is 142 Å². The number of thiophene rings is 1. The van der Waals surface area contributed by atoms with Crippen molar-refractivity contribution in [2.24, 2.45) is 0 Å². The zero-order chi connectivity index (χ0) is 17.3. The van der Waals surface area contributed by atoms with E-state index in [4.69, 9.17) is 4.74 Å². The summed E-state index contributed by atoms with van der Waals surface area (Å²) in [5, 5.41) is 0. The first kappa shape index (κ1) is 16.8. The van der Waals surface area contributed by atoms with Crippen molar-refractivity contribution in [3.8, 4) is 0 Å². The largest absolute Gasteiger partial charge is 0.450 e. The van der Waals surface area contributed by atoms with Crippen LogP contribution in [0.5, 0.6) is 0 Å². The molecule has 0 N–H and O–H groups in total. The lowest BCUT2D eigenvalue weighted by Gasteiger charge is -2.11. The summed E-state index contributed by atoms with van der Waals surface area (Å²) in [6, 6.07) is 4.70. The third-order valence-electron chi connectivity index (χ3n) is 4.05. The van der Waals surface area contributed by atoms with Gasteiger partial charge in [-0.05, 0) is 62.4 Å². The van der Waals surface area contributed by atoms with Crippen LogP contribution in [0.4, 0.5) is 8.78 Å². The summed E-state index contributed by atoms with van der Waals surface area (Å²) in [7, 11) is 0. The number of rotatable bonds is 4. The molecule has 1 aromatic heterocycles. The summed E-state index contributed by atoms with van der Waals surface area (Å²) < 4.78 is 31.4. The lowest BCUT2D eigenvalue weighted by molar-refractivity contribution is 0.0323. The van der Waals surface area contributed by atoms with Gasteiger partial charge in [-0.25, -0.2) is 13.6 Å². The molecule has 126 valence electrons. The molecule has 0 saturated carbocycles. The van der Waals surface area contributed by atoms with Crippen LogP contribution < -0.4 is 0 Å². The van der Waals surface area contributed by atoms with Crippen molar-refractivity contribution in [1.82, 2.24) is 0 Å². The Balaban J connectivity index is 1.70. The van der Waals surface area contributed by atoms with Crippen molar-refractivity contribution in [3.63, 3.8) is 0 Å². The van der Waals surface area contributed by atoms with Gasteiger partial charge in [0.1, 0.15) is 4.88 Å². The third kappa shape index (κ3) is 3.38. The van der Waals surface area contributed by atoms with Gasteiger partial charge in [0, 0.05) is 10.4 Å². The maximum Gasteiger partial charge on any atom is 0.349 e. The van der Waals surface area contributed by atoms with E-state index in [-0.39, 0.29) is 5.56 Å². The number of benzene rings is 1. The maximum absolute atomic E-state index is 13.2. The minimum absolute atomic E-state index is 0.0281. The van der Waals surface area contributed by atoms with Crippen LogP contribution in [0.3, 0.4) is 0 Å². The van der Waals surface area contributed by atoms with Gasteiger partial charge >= 0.3 is 5.97 Å². The van der Waals surface area contributed by atoms with Crippen molar-refractivity contribution in [2.45, 2.75) is 38.7 Å². The standard InChI is InChI=1S/C18H16F2O3S/c1-10(17(21)12-6-7-13(19)14(20)8-12)23-18(22)16-9-11-4-2-3-5-15(11)24-16/h6-10H,2-5H2,1H3. The molecule has 0 spiro atoms. The van der Waals surface area contributed by atoms with Crippen molar-refractivity contribution < 1.29 is 23.1 Å². The molecule has 1 atom stereocenters. The molecule has 24 heavy (non-hydrogen) atoms. The maximum atomic E-state index is 13.2. The van der Waals surface area contributed by atoms with Gasteiger partial charge in [-0.15, -0.1) is 11.3 Å². The van der Waals surface area contributed by atoms with Crippen molar-refractivity contribution >= 4 is 23.1 Å². The summed E-state index contributed by atoms with van der Waals surface area (Å²) in [4.78, 5) is 26.1. The van der Waals surface area contributed by atoms with Crippen LogP contribution in [0.15, 0.2) is 24.3 Å². The fourth-order valence-electron chi connectivity index (χ4n) is 2.75. The number of fused-ring (bicyclic) bond motifs is 1. The number of hydrogen-bond acceptors (Lipinski definition) is 4. The summed E-state index contributed by atoms with van der Waals surface area (Å²) in [6.07, 6.45) is 3.09. The Bertz CT molecular complexity index is 774. The van der Waals surface area contributed by atoms with E-state index in [0.717, 1.165) is 37.8 Å². The fraction of sp³-hybridized carbons (Fsp3) is 0.333. The molecule has 0 saturated heterocycles. The van der Waals surface area contributed by atoms with Crippen LogP contribution in [0.25, 0.3) is 0 Å². The summed E-state index contributed by atoms with van der Waals surface area (Å²) in [6.45, 7) is 1.43. The van der Waals surface area contributed by atoms with Crippen LogP contribution in [0, 0.1) is 11.6 Å². The van der Waals surface area contributed by atoms with E-state index in [1.165, 1.54) is 34.8 Å². The summed E-state index contributed by atoms with van der Waals surface area (Å²) >= 11 is 1.40.